The number of hydrogen-bond acceptors (Lipinski definition) is 2. The smallest absolute Gasteiger partial charge is 0.271 e. The maximum Gasteiger partial charge on any atom is 0.351 e. The van der Waals surface area contributed by atoms with Gasteiger partial charge in [-0.2, -0.15) is 0 Å². The summed E-state index contributed by atoms with van der Waals surface area (Å²) in [5.74, 6) is -0.281. The number of nitrogens with zero attached hydrogens (tertiary/aromatic N) is 2. The molecule has 1 unspecified atom stereocenters. The lowest BCUT2D eigenvalue weighted by Crippen LogP contribution is -2.31. The van der Waals surface area contributed by atoms with Crippen molar-refractivity contribution < 1.29 is 9.59 Å². The van der Waals surface area contributed by atoms with Crippen LogP contribution in [0.1, 0.15) is 6.42 Å². The first-order chi connectivity index (χ1) is 7.74. The number of carbonyl (C=O) groups is 2. The fourth-order valence-corrected chi connectivity index (χ4v) is 1.62. The summed E-state index contributed by atoms with van der Waals surface area (Å²) in [6.45, 7) is 3.54. The SMILES string of the molecule is C=CCC1[N]C(=O)N(c2ccccc2)C1=O. The van der Waals surface area contributed by atoms with Crippen molar-refractivity contribution in [2.45, 2.75) is 12.5 Å². The molecule has 0 aliphatic carbocycles. The van der Waals surface area contributed by atoms with Crippen LogP contribution < -0.4 is 10.2 Å². The van der Waals surface area contributed by atoms with Gasteiger partial charge < -0.3 is 0 Å². The van der Waals surface area contributed by atoms with Crippen LogP contribution in [0.25, 0.3) is 0 Å². The van der Waals surface area contributed by atoms with E-state index in [0.29, 0.717) is 12.1 Å². The Morgan fingerprint density at radius 1 is 1.31 bits per heavy atom. The van der Waals surface area contributed by atoms with E-state index in [4.69, 9.17) is 0 Å². The molecule has 1 saturated heterocycles. The molecule has 81 valence electrons. The second-order valence-electron chi connectivity index (χ2n) is 3.46. The van der Waals surface area contributed by atoms with E-state index in [-0.39, 0.29) is 5.91 Å². The minimum Gasteiger partial charge on any atom is -0.271 e. The molecule has 2 rings (SSSR count). The number of rotatable bonds is 3. The summed E-state index contributed by atoms with van der Waals surface area (Å²) in [5.41, 5.74) is 0.563. The zero-order valence-electron chi connectivity index (χ0n) is 8.67. The van der Waals surface area contributed by atoms with Gasteiger partial charge in [-0.3, -0.25) is 4.79 Å². The van der Waals surface area contributed by atoms with Gasteiger partial charge in [0.25, 0.3) is 5.91 Å². The van der Waals surface area contributed by atoms with Crippen LogP contribution in [0.15, 0.2) is 43.0 Å². The Labute approximate surface area is 93.6 Å². The molecule has 1 aliphatic rings. The van der Waals surface area contributed by atoms with Gasteiger partial charge in [-0.05, 0) is 18.6 Å². The van der Waals surface area contributed by atoms with Crippen LogP contribution in [-0.2, 0) is 4.79 Å². The van der Waals surface area contributed by atoms with Crippen molar-refractivity contribution in [1.82, 2.24) is 5.32 Å². The van der Waals surface area contributed by atoms with E-state index in [1.54, 1.807) is 30.3 Å². The van der Waals surface area contributed by atoms with Gasteiger partial charge in [0.1, 0.15) is 6.04 Å². The van der Waals surface area contributed by atoms with Crippen LogP contribution in [-0.4, -0.2) is 18.0 Å². The van der Waals surface area contributed by atoms with Gasteiger partial charge in [0, 0.05) is 0 Å². The highest BCUT2D eigenvalue weighted by Gasteiger charge is 2.39. The van der Waals surface area contributed by atoms with Crippen LogP contribution in [0.3, 0.4) is 0 Å². The zero-order valence-corrected chi connectivity index (χ0v) is 8.67. The van der Waals surface area contributed by atoms with E-state index in [1.165, 1.54) is 0 Å². The van der Waals surface area contributed by atoms with Crippen molar-refractivity contribution in [3.05, 3.63) is 43.0 Å². The Balaban J connectivity index is 2.26. The average molecular weight is 215 g/mol. The highest BCUT2D eigenvalue weighted by molar-refractivity contribution is 6.21. The summed E-state index contributed by atoms with van der Waals surface area (Å²) < 4.78 is 0. The van der Waals surface area contributed by atoms with Gasteiger partial charge in [-0.15, -0.1) is 6.58 Å². The Morgan fingerprint density at radius 3 is 2.62 bits per heavy atom. The maximum atomic E-state index is 11.9. The predicted octanol–water partition coefficient (Wildman–Crippen LogP) is 1.70. The van der Waals surface area contributed by atoms with E-state index in [0.717, 1.165) is 4.90 Å². The molecular formula is C12H11N2O2. The van der Waals surface area contributed by atoms with Gasteiger partial charge in [0.05, 0.1) is 5.69 Å². The minimum absolute atomic E-state index is 0.281. The van der Waals surface area contributed by atoms with Crippen LogP contribution in [0.2, 0.25) is 0 Å². The van der Waals surface area contributed by atoms with Crippen molar-refractivity contribution in [2.24, 2.45) is 0 Å². The molecule has 1 radical (unpaired) electrons. The normalized spacial score (nSPS) is 19.8. The molecule has 1 aromatic rings. The third-order valence-corrected chi connectivity index (χ3v) is 2.37. The van der Waals surface area contributed by atoms with E-state index in [2.05, 4.69) is 11.9 Å². The summed E-state index contributed by atoms with van der Waals surface area (Å²) in [6.07, 6.45) is 1.99. The lowest BCUT2D eigenvalue weighted by atomic mass is 10.2. The van der Waals surface area contributed by atoms with Crippen molar-refractivity contribution in [3.63, 3.8) is 0 Å². The molecule has 1 aliphatic heterocycles. The van der Waals surface area contributed by atoms with Crippen LogP contribution in [0, 0.1) is 0 Å². The maximum absolute atomic E-state index is 11.9. The molecule has 0 N–H and O–H groups in total. The van der Waals surface area contributed by atoms with E-state index in [1.807, 2.05) is 6.07 Å². The summed E-state index contributed by atoms with van der Waals surface area (Å²) in [4.78, 5) is 24.5. The zero-order chi connectivity index (χ0) is 11.5. The van der Waals surface area contributed by atoms with E-state index in [9.17, 15) is 9.59 Å². The average Bonchev–Trinajstić information content (AvgIpc) is 2.56. The molecule has 0 aromatic heterocycles. The number of imide groups is 1. The molecule has 1 fully saturated rings. The first kappa shape index (κ1) is 10.4. The van der Waals surface area contributed by atoms with Gasteiger partial charge in [0.2, 0.25) is 0 Å². The quantitative estimate of drug-likeness (QED) is 0.569. The van der Waals surface area contributed by atoms with Gasteiger partial charge in [0.15, 0.2) is 0 Å². The van der Waals surface area contributed by atoms with E-state index < -0.39 is 12.1 Å². The number of carbonyl (C=O) groups excluding carboxylic acids is 2. The number of urea groups is 1. The highest BCUT2D eigenvalue weighted by Crippen LogP contribution is 2.20. The molecule has 16 heavy (non-hydrogen) atoms. The van der Waals surface area contributed by atoms with Crippen LogP contribution >= 0.6 is 0 Å². The summed E-state index contributed by atoms with van der Waals surface area (Å²) >= 11 is 0. The van der Waals surface area contributed by atoms with Gasteiger partial charge >= 0.3 is 6.03 Å². The summed E-state index contributed by atoms with van der Waals surface area (Å²) in [5, 5.41) is 3.78. The predicted molar refractivity (Wildman–Crippen MR) is 60.1 cm³/mol. The summed E-state index contributed by atoms with van der Waals surface area (Å²) in [7, 11) is 0. The molecule has 4 nitrogen and oxygen atoms in total. The Hall–Kier alpha value is -2.10. The number of amides is 3. The third kappa shape index (κ3) is 1.69. The number of hydrogen-bond donors (Lipinski definition) is 0. The van der Waals surface area contributed by atoms with Gasteiger partial charge in [-0.1, -0.05) is 24.3 Å². The molecular weight excluding hydrogens is 204 g/mol. The molecule has 0 saturated carbocycles. The number of benzene rings is 1. The molecule has 0 bridgehead atoms. The molecule has 4 heteroatoms. The molecule has 1 heterocycles. The Bertz CT molecular complexity index is 428. The fraction of sp³-hybridized carbons (Fsp3) is 0.167. The van der Waals surface area contributed by atoms with Crippen molar-refractivity contribution >= 4 is 17.6 Å². The molecule has 1 aromatic carbocycles. The minimum atomic E-state index is -0.606. The highest BCUT2D eigenvalue weighted by atomic mass is 16.2. The van der Waals surface area contributed by atoms with Crippen molar-refractivity contribution in [3.8, 4) is 0 Å². The molecule has 3 amide bonds. The van der Waals surface area contributed by atoms with E-state index >= 15 is 0 Å². The lowest BCUT2D eigenvalue weighted by molar-refractivity contribution is -0.118. The summed E-state index contributed by atoms with van der Waals surface area (Å²) in [6, 6.07) is 7.69. The largest absolute Gasteiger partial charge is 0.351 e. The first-order valence-electron chi connectivity index (χ1n) is 4.98. The first-order valence-corrected chi connectivity index (χ1v) is 4.98. The Kier molecular flexibility index (Phi) is 2.72. The lowest BCUT2D eigenvalue weighted by Gasteiger charge is -2.11. The molecule has 1 atom stereocenters. The van der Waals surface area contributed by atoms with Crippen molar-refractivity contribution in [1.29, 1.82) is 0 Å². The van der Waals surface area contributed by atoms with Crippen LogP contribution in [0.5, 0.6) is 0 Å². The number of anilines is 1. The second kappa shape index (κ2) is 4.18. The van der Waals surface area contributed by atoms with Crippen molar-refractivity contribution in [2.75, 3.05) is 4.90 Å². The monoisotopic (exact) mass is 215 g/mol. The second-order valence-corrected chi connectivity index (χ2v) is 3.46. The van der Waals surface area contributed by atoms with Gasteiger partial charge in [-0.25, -0.2) is 15.0 Å². The fourth-order valence-electron chi connectivity index (χ4n) is 1.62. The Morgan fingerprint density at radius 2 is 2.00 bits per heavy atom. The van der Waals surface area contributed by atoms with Crippen LogP contribution in [0.4, 0.5) is 10.5 Å². The molecule has 0 spiro atoms. The topological polar surface area (TPSA) is 51.5 Å². The third-order valence-electron chi connectivity index (χ3n) is 2.37. The standard InChI is InChI=1S/C12H11N2O2/c1-2-6-10-11(15)14(12(16)13-10)9-7-4-3-5-8-9/h2-5,7-8,10H,1,6H2. The number of para-hydroxylation sites is 1.